The van der Waals surface area contributed by atoms with Crippen molar-refractivity contribution in [3.05, 3.63) is 35.9 Å². The molecule has 0 saturated heterocycles. The smallest absolute Gasteiger partial charge is 0.191 e. The zero-order valence-corrected chi connectivity index (χ0v) is 18.4. The lowest BCUT2D eigenvalue weighted by Crippen LogP contribution is -2.63. The van der Waals surface area contributed by atoms with E-state index in [0.717, 1.165) is 25.7 Å². The molecule has 0 radical (unpaired) electrons. The van der Waals surface area contributed by atoms with Crippen LogP contribution in [-0.2, 0) is 19.2 Å². The Morgan fingerprint density at radius 2 is 1.33 bits per heavy atom. The Bertz CT molecular complexity index is 536. The fourth-order valence-electron chi connectivity index (χ4n) is 3.84. The summed E-state index contributed by atoms with van der Waals surface area (Å²) in [6, 6.07) is 10.6. The van der Waals surface area contributed by atoms with E-state index < -0.39 is 28.0 Å². The van der Waals surface area contributed by atoms with Crippen molar-refractivity contribution in [1.29, 1.82) is 0 Å². The summed E-state index contributed by atoms with van der Waals surface area (Å²) < 4.78 is 19.8. The van der Waals surface area contributed by atoms with E-state index >= 15 is 0 Å². The summed E-state index contributed by atoms with van der Waals surface area (Å²) in [6.07, 6.45) is 4.08. The SMILES string of the molecule is COC1(O[Si](C)(C)C)CCCCC1(O[Si](C)(C)C)c1ccccc1. The Morgan fingerprint density at radius 3 is 1.83 bits per heavy atom. The maximum atomic E-state index is 6.92. The van der Waals surface area contributed by atoms with Crippen LogP contribution < -0.4 is 0 Å². The lowest BCUT2D eigenvalue weighted by molar-refractivity contribution is -0.292. The first-order chi connectivity index (χ1) is 11.0. The quantitative estimate of drug-likeness (QED) is 0.491. The van der Waals surface area contributed by atoms with E-state index in [1.165, 1.54) is 5.56 Å². The van der Waals surface area contributed by atoms with Crippen LogP contribution in [-0.4, -0.2) is 29.5 Å². The van der Waals surface area contributed by atoms with Crippen LogP contribution in [0.15, 0.2) is 30.3 Å². The first-order valence-corrected chi connectivity index (χ1v) is 15.9. The van der Waals surface area contributed by atoms with Crippen molar-refractivity contribution in [1.82, 2.24) is 0 Å². The molecule has 1 aliphatic carbocycles. The molecule has 0 N–H and O–H groups in total. The second-order valence-corrected chi connectivity index (χ2v) is 17.6. The molecule has 0 aromatic heterocycles. The predicted octanol–water partition coefficient (Wildman–Crippen LogP) is 5.50. The van der Waals surface area contributed by atoms with Crippen LogP contribution in [0, 0.1) is 0 Å². The van der Waals surface area contributed by atoms with Gasteiger partial charge in [-0.15, -0.1) is 0 Å². The van der Waals surface area contributed by atoms with Crippen molar-refractivity contribution in [3.8, 4) is 0 Å². The zero-order valence-electron chi connectivity index (χ0n) is 16.4. The molecule has 1 saturated carbocycles. The van der Waals surface area contributed by atoms with Crippen LogP contribution in [0.3, 0.4) is 0 Å². The average molecular weight is 367 g/mol. The van der Waals surface area contributed by atoms with E-state index in [-0.39, 0.29) is 0 Å². The van der Waals surface area contributed by atoms with Crippen LogP contribution in [0.5, 0.6) is 0 Å². The molecule has 1 fully saturated rings. The maximum Gasteiger partial charge on any atom is 0.191 e. The molecule has 0 amide bonds. The minimum atomic E-state index is -1.82. The zero-order chi connectivity index (χ0) is 18.1. The third-order valence-corrected chi connectivity index (χ3v) is 6.32. The third-order valence-electron chi connectivity index (χ3n) is 4.42. The van der Waals surface area contributed by atoms with Gasteiger partial charge in [0, 0.05) is 13.5 Å². The van der Waals surface area contributed by atoms with Crippen LogP contribution in [0.1, 0.15) is 31.2 Å². The van der Waals surface area contributed by atoms with Gasteiger partial charge in [-0.05, 0) is 64.1 Å². The molecule has 0 aliphatic heterocycles. The van der Waals surface area contributed by atoms with E-state index in [4.69, 9.17) is 13.6 Å². The van der Waals surface area contributed by atoms with Gasteiger partial charge in [-0.1, -0.05) is 30.3 Å². The minimum absolute atomic E-state index is 0.522. The molecule has 136 valence electrons. The number of hydrogen-bond acceptors (Lipinski definition) is 3. The first kappa shape index (κ1) is 19.9. The van der Waals surface area contributed by atoms with E-state index in [1.807, 2.05) is 0 Å². The second kappa shape index (κ2) is 7.04. The van der Waals surface area contributed by atoms with Gasteiger partial charge >= 0.3 is 0 Å². The largest absolute Gasteiger partial charge is 0.403 e. The summed E-state index contributed by atoms with van der Waals surface area (Å²) in [4.78, 5) is 0. The fourth-order valence-corrected chi connectivity index (χ4v) is 6.60. The summed E-state index contributed by atoms with van der Waals surface area (Å²) in [5.74, 6) is -0.697. The number of benzene rings is 1. The lowest BCUT2D eigenvalue weighted by atomic mass is 9.74. The molecule has 0 bridgehead atoms. The molecule has 0 spiro atoms. The maximum absolute atomic E-state index is 6.92. The van der Waals surface area contributed by atoms with E-state index in [2.05, 4.69) is 69.6 Å². The van der Waals surface area contributed by atoms with Gasteiger partial charge in [0.2, 0.25) is 0 Å². The molecular weight excluding hydrogens is 332 g/mol. The van der Waals surface area contributed by atoms with Crippen molar-refractivity contribution in [2.45, 2.75) is 76.4 Å². The number of methoxy groups -OCH3 is 1. The van der Waals surface area contributed by atoms with Gasteiger partial charge in [0.1, 0.15) is 5.60 Å². The molecule has 0 heterocycles. The summed E-state index contributed by atoms with van der Waals surface area (Å²) >= 11 is 0. The Balaban J connectivity index is 2.63. The molecule has 24 heavy (non-hydrogen) atoms. The van der Waals surface area contributed by atoms with Gasteiger partial charge in [-0.25, -0.2) is 0 Å². The van der Waals surface area contributed by atoms with Crippen molar-refractivity contribution >= 4 is 16.6 Å². The van der Waals surface area contributed by atoms with Gasteiger partial charge in [0.25, 0.3) is 0 Å². The van der Waals surface area contributed by atoms with Crippen LogP contribution in [0.25, 0.3) is 0 Å². The standard InChI is InChI=1S/C19H34O3Si2/c1-20-19(22-24(5,6)7)16-12-11-15-18(19,21-23(2,3)4)17-13-9-8-10-14-17/h8-10,13-14H,11-12,15-16H2,1-7H3. The number of ether oxygens (including phenoxy) is 1. The number of hydrogen-bond donors (Lipinski definition) is 0. The molecule has 1 aromatic rings. The van der Waals surface area contributed by atoms with Crippen molar-refractivity contribution in [2.75, 3.05) is 7.11 Å². The molecule has 1 aliphatic rings. The Kier molecular flexibility index (Phi) is 5.82. The summed E-state index contributed by atoms with van der Waals surface area (Å²) in [6.45, 7) is 13.4. The Labute approximate surface area is 150 Å². The van der Waals surface area contributed by atoms with E-state index in [1.54, 1.807) is 7.11 Å². The minimum Gasteiger partial charge on any atom is -0.403 e. The van der Waals surface area contributed by atoms with Gasteiger partial charge in [-0.3, -0.25) is 0 Å². The highest BCUT2D eigenvalue weighted by Crippen LogP contribution is 2.52. The third kappa shape index (κ3) is 4.19. The normalized spacial score (nSPS) is 28.8. The summed E-state index contributed by atoms with van der Waals surface area (Å²) in [5.41, 5.74) is 0.665. The van der Waals surface area contributed by atoms with E-state index in [9.17, 15) is 0 Å². The first-order valence-electron chi connectivity index (χ1n) is 9.05. The molecule has 3 nitrogen and oxygen atoms in total. The van der Waals surface area contributed by atoms with Crippen LogP contribution in [0.4, 0.5) is 0 Å². The number of rotatable bonds is 6. The molecule has 2 unspecified atom stereocenters. The second-order valence-electron chi connectivity index (χ2n) is 8.79. The highest BCUT2D eigenvalue weighted by molar-refractivity contribution is 6.70. The van der Waals surface area contributed by atoms with Gasteiger partial charge in [-0.2, -0.15) is 0 Å². The molecule has 2 rings (SSSR count). The molecule has 1 aromatic carbocycles. The fraction of sp³-hybridized carbons (Fsp3) is 0.684. The summed E-state index contributed by atoms with van der Waals surface area (Å²) in [5, 5.41) is 0. The lowest BCUT2D eigenvalue weighted by Gasteiger charge is -2.56. The van der Waals surface area contributed by atoms with Crippen molar-refractivity contribution < 1.29 is 13.6 Å². The van der Waals surface area contributed by atoms with E-state index in [0.29, 0.717) is 0 Å². The van der Waals surface area contributed by atoms with Crippen molar-refractivity contribution in [3.63, 3.8) is 0 Å². The topological polar surface area (TPSA) is 27.7 Å². The monoisotopic (exact) mass is 366 g/mol. The van der Waals surface area contributed by atoms with Gasteiger partial charge in [0.05, 0.1) is 0 Å². The molecular formula is C19H34O3Si2. The molecule has 5 heteroatoms. The van der Waals surface area contributed by atoms with Crippen molar-refractivity contribution in [2.24, 2.45) is 0 Å². The Hall–Kier alpha value is -0.466. The average Bonchev–Trinajstić information content (AvgIpc) is 2.47. The summed E-state index contributed by atoms with van der Waals surface area (Å²) in [7, 11) is -1.86. The Morgan fingerprint density at radius 1 is 0.792 bits per heavy atom. The highest BCUT2D eigenvalue weighted by atomic mass is 28.4. The van der Waals surface area contributed by atoms with Gasteiger partial charge < -0.3 is 13.6 Å². The highest BCUT2D eigenvalue weighted by Gasteiger charge is 2.59. The predicted molar refractivity (Wildman–Crippen MR) is 105 cm³/mol. The van der Waals surface area contributed by atoms with Crippen LogP contribution in [0.2, 0.25) is 39.3 Å². The van der Waals surface area contributed by atoms with Crippen LogP contribution >= 0.6 is 0 Å². The molecule has 2 atom stereocenters. The van der Waals surface area contributed by atoms with Gasteiger partial charge in [0.15, 0.2) is 22.4 Å².